The maximum absolute atomic E-state index is 4.76. The molecule has 5 nitrogen and oxygen atoms in total. The van der Waals surface area contributed by atoms with E-state index in [1.807, 2.05) is 32.2 Å². The van der Waals surface area contributed by atoms with Crippen LogP contribution < -0.4 is 10.2 Å². The lowest BCUT2D eigenvalue weighted by molar-refractivity contribution is 0.769. The van der Waals surface area contributed by atoms with Gasteiger partial charge in [0.05, 0.1) is 22.9 Å². The first-order chi connectivity index (χ1) is 10.2. The number of pyridine rings is 1. The topological polar surface area (TPSA) is 45.5 Å². The van der Waals surface area contributed by atoms with E-state index in [4.69, 9.17) is 4.98 Å². The Labute approximate surface area is 128 Å². The highest BCUT2D eigenvalue weighted by Gasteiger charge is 2.15. The van der Waals surface area contributed by atoms with Gasteiger partial charge in [0.1, 0.15) is 5.65 Å². The van der Waals surface area contributed by atoms with Gasteiger partial charge in [0, 0.05) is 25.2 Å². The maximum Gasteiger partial charge on any atom is 0.152 e. The summed E-state index contributed by atoms with van der Waals surface area (Å²) in [6, 6.07) is 6.07. The molecule has 0 unspecified atom stereocenters. The summed E-state index contributed by atoms with van der Waals surface area (Å²) in [7, 11) is 4.02. The van der Waals surface area contributed by atoms with Crippen molar-refractivity contribution in [2.75, 3.05) is 19.0 Å². The van der Waals surface area contributed by atoms with Crippen LogP contribution in [0, 0.1) is 6.92 Å². The molecule has 0 saturated heterocycles. The summed E-state index contributed by atoms with van der Waals surface area (Å²) in [5.74, 6) is 1.00. The first-order valence-corrected chi connectivity index (χ1v) is 7.79. The Morgan fingerprint density at radius 1 is 1.33 bits per heavy atom. The highest BCUT2D eigenvalue weighted by Crippen LogP contribution is 2.22. The van der Waals surface area contributed by atoms with Crippen molar-refractivity contribution in [3.05, 3.63) is 46.2 Å². The van der Waals surface area contributed by atoms with Gasteiger partial charge in [-0.3, -0.25) is 0 Å². The van der Waals surface area contributed by atoms with E-state index in [1.54, 1.807) is 11.3 Å². The van der Waals surface area contributed by atoms with Crippen molar-refractivity contribution < 1.29 is 0 Å². The van der Waals surface area contributed by atoms with E-state index in [-0.39, 0.29) is 0 Å². The third-order valence-corrected chi connectivity index (χ3v) is 4.20. The van der Waals surface area contributed by atoms with Gasteiger partial charge in [-0.05, 0) is 26.1 Å². The minimum absolute atomic E-state index is 0.769. The smallest absolute Gasteiger partial charge is 0.152 e. The fraction of sp³-hybridized carbons (Fsp3) is 0.333. The number of aryl methyl sites for hydroxylation is 1. The van der Waals surface area contributed by atoms with Crippen LogP contribution in [0.15, 0.2) is 29.8 Å². The number of thiazole rings is 1. The fourth-order valence-corrected chi connectivity index (χ4v) is 3.07. The van der Waals surface area contributed by atoms with Gasteiger partial charge in [-0.15, -0.1) is 11.3 Å². The van der Waals surface area contributed by atoms with E-state index in [0.29, 0.717) is 0 Å². The molecule has 0 aliphatic carbocycles. The van der Waals surface area contributed by atoms with E-state index in [9.17, 15) is 0 Å². The molecule has 0 radical (unpaired) electrons. The molecular weight excluding hydrogens is 282 g/mol. The molecular formula is C15H19N5S. The molecule has 3 heterocycles. The summed E-state index contributed by atoms with van der Waals surface area (Å²) in [5, 5.41) is 6.44. The molecule has 1 N–H and O–H groups in total. The van der Waals surface area contributed by atoms with Gasteiger partial charge in [0.25, 0.3) is 0 Å². The van der Waals surface area contributed by atoms with Gasteiger partial charge >= 0.3 is 0 Å². The molecule has 0 aromatic carbocycles. The number of aromatic nitrogens is 3. The Bertz CT molecular complexity index is 745. The van der Waals surface area contributed by atoms with Crippen LogP contribution in [0.3, 0.4) is 0 Å². The monoisotopic (exact) mass is 301 g/mol. The Hall–Kier alpha value is -1.92. The summed E-state index contributed by atoms with van der Waals surface area (Å²) in [6.45, 7) is 3.58. The predicted molar refractivity (Wildman–Crippen MR) is 86.9 cm³/mol. The van der Waals surface area contributed by atoms with E-state index < -0.39 is 0 Å². The largest absolute Gasteiger partial charge is 0.352 e. The average molecular weight is 301 g/mol. The lowest BCUT2D eigenvalue weighted by atomic mass is 10.3. The number of anilines is 1. The number of hydrogen-bond acceptors (Lipinski definition) is 5. The molecule has 110 valence electrons. The SMILES string of the molecule is CNCc1c(N(C)Cc2csc(C)n2)nc2ccccn12. The van der Waals surface area contributed by atoms with Gasteiger partial charge in [0.15, 0.2) is 5.82 Å². The number of nitrogens with one attached hydrogen (secondary N) is 1. The van der Waals surface area contributed by atoms with Crippen molar-refractivity contribution in [2.45, 2.75) is 20.0 Å². The van der Waals surface area contributed by atoms with Crippen LogP contribution in [0.25, 0.3) is 5.65 Å². The number of rotatable bonds is 5. The van der Waals surface area contributed by atoms with Crippen molar-refractivity contribution in [1.29, 1.82) is 0 Å². The lowest BCUT2D eigenvalue weighted by Gasteiger charge is -2.17. The molecule has 21 heavy (non-hydrogen) atoms. The van der Waals surface area contributed by atoms with Crippen LogP contribution in [-0.4, -0.2) is 28.5 Å². The van der Waals surface area contributed by atoms with Gasteiger partial charge in [-0.2, -0.15) is 0 Å². The Balaban J connectivity index is 1.96. The van der Waals surface area contributed by atoms with E-state index >= 15 is 0 Å². The molecule has 0 atom stereocenters. The standard InChI is InChI=1S/C15H19N5S/c1-11-17-12(10-21-11)9-19(3)15-13(8-16-2)20-7-5-4-6-14(20)18-15/h4-7,10,16H,8-9H2,1-3H3. The quantitative estimate of drug-likeness (QED) is 0.786. The number of nitrogens with zero attached hydrogens (tertiary/aromatic N) is 4. The fourth-order valence-electron chi connectivity index (χ4n) is 2.47. The van der Waals surface area contributed by atoms with Crippen LogP contribution in [-0.2, 0) is 13.1 Å². The number of hydrogen-bond donors (Lipinski definition) is 1. The summed E-state index contributed by atoms with van der Waals surface area (Å²) >= 11 is 1.69. The predicted octanol–water partition coefficient (Wildman–Crippen LogP) is 2.46. The van der Waals surface area contributed by atoms with E-state index in [0.717, 1.165) is 35.3 Å². The Morgan fingerprint density at radius 2 is 2.19 bits per heavy atom. The third kappa shape index (κ3) is 2.77. The molecule has 3 rings (SSSR count). The second kappa shape index (κ2) is 5.83. The van der Waals surface area contributed by atoms with Crippen molar-refractivity contribution in [3.8, 4) is 0 Å². The summed E-state index contributed by atoms with van der Waals surface area (Å²) in [5.41, 5.74) is 3.23. The molecule has 0 fully saturated rings. The number of fused-ring (bicyclic) bond motifs is 1. The minimum atomic E-state index is 0.769. The van der Waals surface area contributed by atoms with E-state index in [2.05, 4.69) is 38.2 Å². The lowest BCUT2D eigenvalue weighted by Crippen LogP contribution is -2.20. The average Bonchev–Trinajstić information content (AvgIpc) is 3.04. The Morgan fingerprint density at radius 3 is 2.90 bits per heavy atom. The molecule has 6 heteroatoms. The van der Waals surface area contributed by atoms with Gasteiger partial charge in [0.2, 0.25) is 0 Å². The summed E-state index contributed by atoms with van der Waals surface area (Å²) in [6.07, 6.45) is 2.05. The second-order valence-electron chi connectivity index (χ2n) is 5.06. The second-order valence-corrected chi connectivity index (χ2v) is 6.12. The van der Waals surface area contributed by atoms with Gasteiger partial charge in [-0.1, -0.05) is 6.07 Å². The minimum Gasteiger partial charge on any atom is -0.352 e. The molecule has 0 spiro atoms. The van der Waals surface area contributed by atoms with Gasteiger partial charge in [-0.25, -0.2) is 9.97 Å². The molecule has 3 aromatic heterocycles. The zero-order chi connectivity index (χ0) is 14.8. The van der Waals surface area contributed by atoms with Crippen molar-refractivity contribution in [3.63, 3.8) is 0 Å². The summed E-state index contributed by atoms with van der Waals surface area (Å²) in [4.78, 5) is 11.5. The van der Waals surface area contributed by atoms with Gasteiger partial charge < -0.3 is 14.6 Å². The molecule has 0 saturated carbocycles. The first kappa shape index (κ1) is 14.0. The number of imidazole rings is 1. The molecule has 0 amide bonds. The normalized spacial score (nSPS) is 11.2. The third-order valence-electron chi connectivity index (χ3n) is 3.38. The van der Waals surface area contributed by atoms with Crippen LogP contribution in [0.4, 0.5) is 5.82 Å². The van der Waals surface area contributed by atoms with Crippen LogP contribution in [0.1, 0.15) is 16.4 Å². The van der Waals surface area contributed by atoms with Crippen molar-refractivity contribution >= 4 is 22.8 Å². The highest BCUT2D eigenvalue weighted by molar-refractivity contribution is 7.09. The van der Waals surface area contributed by atoms with E-state index in [1.165, 1.54) is 5.69 Å². The zero-order valence-electron chi connectivity index (χ0n) is 12.5. The maximum atomic E-state index is 4.76. The molecule has 3 aromatic rings. The van der Waals surface area contributed by atoms with Crippen LogP contribution in [0.2, 0.25) is 0 Å². The Kier molecular flexibility index (Phi) is 3.90. The zero-order valence-corrected chi connectivity index (χ0v) is 13.3. The van der Waals surface area contributed by atoms with Crippen molar-refractivity contribution in [2.24, 2.45) is 0 Å². The van der Waals surface area contributed by atoms with Crippen LogP contribution in [0.5, 0.6) is 0 Å². The van der Waals surface area contributed by atoms with Crippen LogP contribution >= 0.6 is 11.3 Å². The molecule has 0 aliphatic heterocycles. The molecule has 0 bridgehead atoms. The first-order valence-electron chi connectivity index (χ1n) is 6.91. The highest BCUT2D eigenvalue weighted by atomic mass is 32.1. The summed E-state index contributed by atoms with van der Waals surface area (Å²) < 4.78 is 2.13. The van der Waals surface area contributed by atoms with Crippen molar-refractivity contribution in [1.82, 2.24) is 19.7 Å². The molecule has 0 aliphatic rings.